The molecule has 0 bridgehead atoms. The minimum absolute atomic E-state index is 0.244. The highest BCUT2D eigenvalue weighted by atomic mass is 35.5. The van der Waals surface area contributed by atoms with Crippen molar-refractivity contribution in [3.63, 3.8) is 0 Å². The van der Waals surface area contributed by atoms with E-state index in [0.717, 1.165) is 22.4 Å². The topological polar surface area (TPSA) is 21.3 Å². The number of halogens is 3. The molecule has 0 radical (unpaired) electrons. The van der Waals surface area contributed by atoms with Gasteiger partial charge in [-0.05, 0) is 35.9 Å². The summed E-state index contributed by atoms with van der Waals surface area (Å²) in [7, 11) is 0. The highest BCUT2D eigenvalue weighted by Crippen LogP contribution is 2.22. The Kier molecular flexibility index (Phi) is 6.21. The van der Waals surface area contributed by atoms with Gasteiger partial charge < -0.3 is 10.1 Å². The fourth-order valence-corrected chi connectivity index (χ4v) is 2.75. The van der Waals surface area contributed by atoms with E-state index in [-0.39, 0.29) is 18.2 Å². The lowest BCUT2D eigenvalue weighted by Crippen LogP contribution is -2.13. The van der Waals surface area contributed by atoms with E-state index in [9.17, 15) is 8.78 Å². The maximum absolute atomic E-state index is 13.1. The van der Waals surface area contributed by atoms with E-state index in [2.05, 4.69) is 5.32 Å². The third-order valence-corrected chi connectivity index (χ3v) is 4.28. The van der Waals surface area contributed by atoms with Crippen molar-refractivity contribution in [2.24, 2.45) is 0 Å². The summed E-state index contributed by atoms with van der Waals surface area (Å²) in [5, 5.41) is 3.66. The maximum Gasteiger partial charge on any atom is 0.124 e. The number of hydrogen-bond donors (Lipinski definition) is 1. The van der Waals surface area contributed by atoms with Crippen LogP contribution in [0.1, 0.15) is 16.7 Å². The van der Waals surface area contributed by atoms with Crippen molar-refractivity contribution in [2.75, 3.05) is 0 Å². The van der Waals surface area contributed by atoms with Crippen LogP contribution in [-0.4, -0.2) is 0 Å². The summed E-state index contributed by atoms with van der Waals surface area (Å²) in [5.74, 6) is 0.121. The molecule has 134 valence electrons. The third-order valence-electron chi connectivity index (χ3n) is 3.93. The van der Waals surface area contributed by atoms with Crippen LogP contribution in [0, 0.1) is 11.6 Å². The van der Waals surface area contributed by atoms with Crippen molar-refractivity contribution in [3.05, 3.63) is 100 Å². The largest absolute Gasteiger partial charge is 0.489 e. The molecular formula is C21H18ClF2NO. The van der Waals surface area contributed by atoms with Gasteiger partial charge in [0.05, 0.1) is 5.02 Å². The minimum Gasteiger partial charge on any atom is -0.489 e. The maximum atomic E-state index is 13.1. The molecule has 0 spiro atoms. The summed E-state index contributed by atoms with van der Waals surface area (Å²) < 4.78 is 31.9. The van der Waals surface area contributed by atoms with Gasteiger partial charge >= 0.3 is 0 Å². The van der Waals surface area contributed by atoms with Crippen molar-refractivity contribution in [1.82, 2.24) is 5.32 Å². The van der Waals surface area contributed by atoms with Crippen molar-refractivity contribution < 1.29 is 13.5 Å². The van der Waals surface area contributed by atoms with Gasteiger partial charge in [-0.2, -0.15) is 0 Å². The molecule has 0 aliphatic heterocycles. The van der Waals surface area contributed by atoms with E-state index < -0.39 is 0 Å². The van der Waals surface area contributed by atoms with Gasteiger partial charge in [-0.15, -0.1) is 0 Å². The Balaban J connectivity index is 1.59. The molecule has 0 fully saturated rings. The van der Waals surface area contributed by atoms with Gasteiger partial charge in [0.15, 0.2) is 0 Å². The highest BCUT2D eigenvalue weighted by Gasteiger charge is 2.06. The van der Waals surface area contributed by atoms with Crippen molar-refractivity contribution in [2.45, 2.75) is 19.7 Å². The lowest BCUT2D eigenvalue weighted by atomic mass is 10.1. The van der Waals surface area contributed by atoms with Crippen LogP contribution < -0.4 is 10.1 Å². The van der Waals surface area contributed by atoms with Crippen LogP contribution in [0.25, 0.3) is 0 Å². The summed E-state index contributed by atoms with van der Waals surface area (Å²) in [6.07, 6.45) is 0. The molecule has 3 rings (SSSR count). The van der Waals surface area contributed by atoms with Gasteiger partial charge in [0.2, 0.25) is 0 Å². The quantitative estimate of drug-likeness (QED) is 0.591. The minimum atomic E-state index is -0.371. The first kappa shape index (κ1) is 18.4. The van der Waals surface area contributed by atoms with Crippen LogP contribution in [0.15, 0.2) is 66.7 Å². The SMILES string of the molecule is Fc1ccc(CNCc2ccccc2OCc2ccc(F)cc2Cl)cc1. The molecule has 3 aromatic rings. The molecule has 3 aromatic carbocycles. The Morgan fingerprint density at radius 1 is 0.808 bits per heavy atom. The molecule has 0 atom stereocenters. The van der Waals surface area contributed by atoms with E-state index in [1.165, 1.54) is 24.3 Å². The second-order valence-corrected chi connectivity index (χ2v) is 6.27. The van der Waals surface area contributed by atoms with Crippen LogP contribution in [0.5, 0.6) is 5.75 Å². The van der Waals surface area contributed by atoms with Crippen LogP contribution in [0.3, 0.4) is 0 Å². The Bertz CT molecular complexity index is 868. The van der Waals surface area contributed by atoms with Gasteiger partial charge in [0.25, 0.3) is 0 Å². The summed E-state index contributed by atoms with van der Waals surface area (Å²) in [6, 6.07) is 18.3. The lowest BCUT2D eigenvalue weighted by Gasteiger charge is -2.13. The van der Waals surface area contributed by atoms with Crippen molar-refractivity contribution in [1.29, 1.82) is 0 Å². The molecule has 0 aromatic heterocycles. The van der Waals surface area contributed by atoms with E-state index in [0.29, 0.717) is 18.1 Å². The van der Waals surface area contributed by atoms with Crippen LogP contribution in [0.4, 0.5) is 8.78 Å². The molecule has 0 amide bonds. The summed E-state index contributed by atoms with van der Waals surface area (Å²) in [5.41, 5.74) is 2.72. The van der Waals surface area contributed by atoms with E-state index >= 15 is 0 Å². The zero-order chi connectivity index (χ0) is 18.4. The molecule has 0 unspecified atom stereocenters. The first-order valence-corrected chi connectivity index (χ1v) is 8.59. The monoisotopic (exact) mass is 373 g/mol. The summed E-state index contributed by atoms with van der Waals surface area (Å²) in [4.78, 5) is 0. The molecule has 0 aliphatic rings. The Hall–Kier alpha value is -2.43. The Morgan fingerprint density at radius 3 is 2.31 bits per heavy atom. The molecule has 0 saturated carbocycles. The fourth-order valence-electron chi connectivity index (χ4n) is 2.53. The zero-order valence-electron chi connectivity index (χ0n) is 14.0. The first-order valence-electron chi connectivity index (χ1n) is 8.21. The number of para-hydroxylation sites is 1. The molecule has 1 N–H and O–H groups in total. The highest BCUT2D eigenvalue weighted by molar-refractivity contribution is 6.31. The molecule has 0 saturated heterocycles. The van der Waals surface area contributed by atoms with Gasteiger partial charge in [0.1, 0.15) is 24.0 Å². The number of hydrogen-bond acceptors (Lipinski definition) is 2. The molecule has 2 nitrogen and oxygen atoms in total. The Morgan fingerprint density at radius 2 is 1.54 bits per heavy atom. The molecule has 0 heterocycles. The number of ether oxygens (including phenoxy) is 1. The van der Waals surface area contributed by atoms with Crippen LogP contribution in [0.2, 0.25) is 5.02 Å². The normalized spacial score (nSPS) is 10.7. The third kappa shape index (κ3) is 5.04. The van der Waals surface area contributed by atoms with E-state index in [1.54, 1.807) is 18.2 Å². The smallest absolute Gasteiger partial charge is 0.124 e. The second kappa shape index (κ2) is 8.79. The Labute approximate surface area is 156 Å². The van der Waals surface area contributed by atoms with E-state index in [1.807, 2.05) is 24.3 Å². The number of benzene rings is 3. The average Bonchev–Trinajstić information content (AvgIpc) is 2.64. The van der Waals surface area contributed by atoms with Crippen molar-refractivity contribution in [3.8, 4) is 5.75 Å². The second-order valence-electron chi connectivity index (χ2n) is 5.86. The average molecular weight is 374 g/mol. The van der Waals surface area contributed by atoms with Gasteiger partial charge in [0, 0.05) is 24.2 Å². The summed E-state index contributed by atoms with van der Waals surface area (Å²) in [6.45, 7) is 1.48. The zero-order valence-corrected chi connectivity index (χ0v) is 14.8. The predicted molar refractivity (Wildman–Crippen MR) is 99.1 cm³/mol. The summed E-state index contributed by atoms with van der Waals surface area (Å²) >= 11 is 6.04. The van der Waals surface area contributed by atoms with Crippen molar-refractivity contribution >= 4 is 11.6 Å². The van der Waals surface area contributed by atoms with Crippen LogP contribution in [-0.2, 0) is 19.7 Å². The molecule has 0 aliphatic carbocycles. The molecule has 5 heteroatoms. The van der Waals surface area contributed by atoms with Gasteiger partial charge in [-0.25, -0.2) is 8.78 Å². The molecule has 26 heavy (non-hydrogen) atoms. The molecular weight excluding hydrogens is 356 g/mol. The first-order chi connectivity index (χ1) is 12.6. The van der Waals surface area contributed by atoms with Crippen LogP contribution >= 0.6 is 11.6 Å². The number of rotatable bonds is 7. The standard InChI is InChI=1S/C21H18ClF2NO/c22-20-11-19(24)10-7-17(20)14-26-21-4-2-1-3-16(21)13-25-12-15-5-8-18(23)9-6-15/h1-11,25H,12-14H2. The number of nitrogens with one attached hydrogen (secondary N) is 1. The fraction of sp³-hybridized carbons (Fsp3) is 0.143. The van der Waals surface area contributed by atoms with Gasteiger partial charge in [-0.1, -0.05) is 48.0 Å². The predicted octanol–water partition coefficient (Wildman–Crippen LogP) is 5.49. The lowest BCUT2D eigenvalue weighted by molar-refractivity contribution is 0.302. The van der Waals surface area contributed by atoms with Gasteiger partial charge in [-0.3, -0.25) is 0 Å². The van der Waals surface area contributed by atoms with E-state index in [4.69, 9.17) is 16.3 Å².